The Morgan fingerprint density at radius 3 is 3.06 bits per heavy atom. The lowest BCUT2D eigenvalue weighted by molar-refractivity contribution is 0.253. The van der Waals surface area contributed by atoms with Gasteiger partial charge in [0.05, 0.1) is 12.2 Å². The van der Waals surface area contributed by atoms with Crippen molar-refractivity contribution in [3.05, 3.63) is 11.9 Å². The Labute approximate surface area is 110 Å². The van der Waals surface area contributed by atoms with Gasteiger partial charge < -0.3 is 5.32 Å². The molecule has 2 rings (SSSR count). The summed E-state index contributed by atoms with van der Waals surface area (Å²) < 4.78 is 1.97. The van der Waals surface area contributed by atoms with E-state index in [-0.39, 0.29) is 0 Å². The van der Waals surface area contributed by atoms with Crippen LogP contribution in [0.3, 0.4) is 0 Å². The lowest BCUT2D eigenvalue weighted by atomic mass is 10.2. The molecule has 0 saturated carbocycles. The normalized spacial score (nSPS) is 20.7. The highest BCUT2D eigenvalue weighted by atomic mass is 15.4. The fourth-order valence-electron chi connectivity index (χ4n) is 2.48. The highest BCUT2D eigenvalue weighted by molar-refractivity contribution is 4.91. The molecule has 1 N–H and O–H groups in total. The first kappa shape index (κ1) is 13.5. The fraction of sp³-hybridized carbons (Fsp3) is 0.846. The van der Waals surface area contributed by atoms with Gasteiger partial charge in [-0.3, -0.25) is 9.58 Å². The van der Waals surface area contributed by atoms with E-state index in [2.05, 4.69) is 40.6 Å². The summed E-state index contributed by atoms with van der Waals surface area (Å²) in [6, 6.07) is 0.735. The fourth-order valence-corrected chi connectivity index (χ4v) is 2.48. The van der Waals surface area contributed by atoms with Crippen molar-refractivity contribution in [3.63, 3.8) is 0 Å². The number of aromatic nitrogens is 3. The van der Waals surface area contributed by atoms with Gasteiger partial charge in [0.25, 0.3) is 0 Å². The number of nitrogens with one attached hydrogen (secondary N) is 1. The minimum absolute atomic E-state index is 0.735. The second kappa shape index (κ2) is 6.85. The van der Waals surface area contributed by atoms with Crippen molar-refractivity contribution < 1.29 is 0 Å². The van der Waals surface area contributed by atoms with Crippen LogP contribution < -0.4 is 5.32 Å². The highest BCUT2D eigenvalue weighted by Gasteiger charge is 2.19. The number of hydrogen-bond donors (Lipinski definition) is 1. The quantitative estimate of drug-likeness (QED) is 0.741. The average Bonchev–Trinajstić information content (AvgIpc) is 2.96. The molecule has 0 aliphatic carbocycles. The van der Waals surface area contributed by atoms with Crippen LogP contribution in [0.4, 0.5) is 0 Å². The van der Waals surface area contributed by atoms with Gasteiger partial charge in [-0.1, -0.05) is 12.1 Å². The first-order valence-corrected chi connectivity index (χ1v) is 7.13. The van der Waals surface area contributed by atoms with E-state index in [9.17, 15) is 0 Å². The first-order chi connectivity index (χ1) is 8.79. The molecule has 2 heterocycles. The van der Waals surface area contributed by atoms with Crippen molar-refractivity contribution in [1.29, 1.82) is 0 Å². The minimum atomic E-state index is 0.735. The van der Waals surface area contributed by atoms with Crippen molar-refractivity contribution in [3.8, 4) is 0 Å². The molecule has 102 valence electrons. The molecule has 18 heavy (non-hydrogen) atoms. The van der Waals surface area contributed by atoms with Gasteiger partial charge in [-0.25, -0.2) is 0 Å². The molecular formula is C13H25N5. The standard InChI is InChI=1S/C13H25N5/c1-3-6-14-10-13-11-18(16-15-13)9-8-17-7-4-5-12(17)2/h11-12,14H,3-10H2,1-2H3. The third-order valence-electron chi connectivity index (χ3n) is 3.63. The van der Waals surface area contributed by atoms with Crippen molar-refractivity contribution >= 4 is 0 Å². The summed E-state index contributed by atoms with van der Waals surface area (Å²) in [6.45, 7) is 9.62. The molecule has 1 saturated heterocycles. The molecule has 0 bridgehead atoms. The SMILES string of the molecule is CCCNCc1cn(CCN2CCCC2C)nn1. The van der Waals surface area contributed by atoms with E-state index in [1.807, 2.05) is 4.68 Å². The van der Waals surface area contributed by atoms with Crippen LogP contribution in [-0.2, 0) is 13.1 Å². The zero-order valence-corrected chi connectivity index (χ0v) is 11.6. The van der Waals surface area contributed by atoms with Gasteiger partial charge in [0.1, 0.15) is 0 Å². The van der Waals surface area contributed by atoms with Crippen LogP contribution in [0, 0.1) is 0 Å². The Bertz CT molecular complexity index is 349. The summed E-state index contributed by atoms with van der Waals surface area (Å²) in [5.41, 5.74) is 1.04. The predicted molar refractivity (Wildman–Crippen MR) is 72.3 cm³/mol. The van der Waals surface area contributed by atoms with Crippen molar-refractivity contribution in [1.82, 2.24) is 25.2 Å². The topological polar surface area (TPSA) is 46.0 Å². The molecule has 1 unspecified atom stereocenters. The molecule has 1 atom stereocenters. The molecule has 0 radical (unpaired) electrons. The van der Waals surface area contributed by atoms with Gasteiger partial charge in [0, 0.05) is 25.3 Å². The Balaban J connectivity index is 1.72. The lowest BCUT2D eigenvalue weighted by Gasteiger charge is -2.20. The number of rotatable bonds is 7. The van der Waals surface area contributed by atoms with Crippen molar-refractivity contribution in [2.24, 2.45) is 0 Å². The predicted octanol–water partition coefficient (Wildman–Crippen LogP) is 1.26. The van der Waals surface area contributed by atoms with E-state index in [1.165, 1.54) is 19.4 Å². The second-order valence-electron chi connectivity index (χ2n) is 5.18. The van der Waals surface area contributed by atoms with Crippen LogP contribution in [0.5, 0.6) is 0 Å². The van der Waals surface area contributed by atoms with Crippen LogP contribution in [0.2, 0.25) is 0 Å². The van der Waals surface area contributed by atoms with Crippen LogP contribution >= 0.6 is 0 Å². The molecule has 0 spiro atoms. The van der Waals surface area contributed by atoms with Gasteiger partial charge in [0.2, 0.25) is 0 Å². The summed E-state index contributed by atoms with van der Waals surface area (Å²) in [4.78, 5) is 2.54. The highest BCUT2D eigenvalue weighted by Crippen LogP contribution is 2.15. The van der Waals surface area contributed by atoms with E-state index in [1.54, 1.807) is 0 Å². The Morgan fingerprint density at radius 2 is 2.33 bits per heavy atom. The molecule has 1 aromatic rings. The smallest absolute Gasteiger partial charge is 0.0964 e. The molecule has 5 nitrogen and oxygen atoms in total. The maximum absolute atomic E-state index is 4.18. The Morgan fingerprint density at radius 1 is 1.44 bits per heavy atom. The van der Waals surface area contributed by atoms with E-state index >= 15 is 0 Å². The number of likely N-dealkylation sites (tertiary alicyclic amines) is 1. The summed E-state index contributed by atoms with van der Waals surface area (Å²) in [6.07, 6.45) is 5.89. The van der Waals surface area contributed by atoms with Gasteiger partial charge in [0.15, 0.2) is 0 Å². The molecule has 1 aliphatic heterocycles. The molecule has 1 aromatic heterocycles. The zero-order valence-electron chi connectivity index (χ0n) is 11.6. The van der Waals surface area contributed by atoms with Gasteiger partial charge in [-0.05, 0) is 39.3 Å². The molecular weight excluding hydrogens is 226 g/mol. The summed E-state index contributed by atoms with van der Waals surface area (Å²) >= 11 is 0. The third kappa shape index (κ3) is 3.78. The summed E-state index contributed by atoms with van der Waals surface area (Å²) in [5.74, 6) is 0. The summed E-state index contributed by atoms with van der Waals surface area (Å²) in [5, 5.41) is 11.7. The van der Waals surface area contributed by atoms with Gasteiger partial charge in [-0.15, -0.1) is 5.10 Å². The monoisotopic (exact) mass is 251 g/mol. The van der Waals surface area contributed by atoms with Crippen LogP contribution in [0.1, 0.15) is 38.8 Å². The maximum Gasteiger partial charge on any atom is 0.0964 e. The van der Waals surface area contributed by atoms with Crippen LogP contribution in [0.25, 0.3) is 0 Å². The number of hydrogen-bond acceptors (Lipinski definition) is 4. The minimum Gasteiger partial charge on any atom is -0.311 e. The van der Waals surface area contributed by atoms with Gasteiger partial charge in [-0.2, -0.15) is 0 Å². The summed E-state index contributed by atoms with van der Waals surface area (Å²) in [7, 11) is 0. The molecule has 1 fully saturated rings. The Kier molecular flexibility index (Phi) is 5.13. The lowest BCUT2D eigenvalue weighted by Crippen LogP contribution is -2.30. The van der Waals surface area contributed by atoms with E-state index < -0.39 is 0 Å². The van der Waals surface area contributed by atoms with E-state index in [0.717, 1.165) is 44.3 Å². The van der Waals surface area contributed by atoms with Crippen molar-refractivity contribution in [2.75, 3.05) is 19.6 Å². The zero-order chi connectivity index (χ0) is 12.8. The average molecular weight is 251 g/mol. The first-order valence-electron chi connectivity index (χ1n) is 7.13. The molecule has 5 heteroatoms. The molecule has 0 aromatic carbocycles. The van der Waals surface area contributed by atoms with Crippen molar-refractivity contribution in [2.45, 2.75) is 52.2 Å². The molecule has 0 amide bonds. The second-order valence-corrected chi connectivity index (χ2v) is 5.18. The van der Waals surface area contributed by atoms with Crippen LogP contribution in [-0.4, -0.2) is 45.6 Å². The largest absolute Gasteiger partial charge is 0.311 e. The molecule has 1 aliphatic rings. The van der Waals surface area contributed by atoms with Gasteiger partial charge >= 0.3 is 0 Å². The van der Waals surface area contributed by atoms with E-state index in [0.29, 0.717) is 0 Å². The van der Waals surface area contributed by atoms with E-state index in [4.69, 9.17) is 0 Å². The van der Waals surface area contributed by atoms with Crippen LogP contribution in [0.15, 0.2) is 6.20 Å². The number of nitrogens with zero attached hydrogens (tertiary/aromatic N) is 4. The maximum atomic E-state index is 4.18. The third-order valence-corrected chi connectivity index (χ3v) is 3.63. The Hall–Kier alpha value is -0.940.